The zero-order valence-electron chi connectivity index (χ0n) is 9.70. The molecule has 0 saturated heterocycles. The molecular formula is C10H23N3O. The number of hydrogen-bond donors (Lipinski definition) is 2. The second-order valence-corrected chi connectivity index (χ2v) is 4.57. The molecule has 0 aliphatic heterocycles. The van der Waals surface area contributed by atoms with Crippen LogP contribution in [0.1, 0.15) is 27.7 Å². The van der Waals surface area contributed by atoms with Crippen LogP contribution in [0.4, 0.5) is 0 Å². The van der Waals surface area contributed by atoms with Gasteiger partial charge in [0.25, 0.3) is 0 Å². The summed E-state index contributed by atoms with van der Waals surface area (Å²) in [6.07, 6.45) is 0. The van der Waals surface area contributed by atoms with Crippen molar-refractivity contribution in [2.24, 2.45) is 22.7 Å². The summed E-state index contributed by atoms with van der Waals surface area (Å²) in [4.78, 5) is 2.21. The van der Waals surface area contributed by atoms with E-state index in [2.05, 4.69) is 37.8 Å². The van der Waals surface area contributed by atoms with Crippen LogP contribution in [0, 0.1) is 11.8 Å². The molecule has 0 aromatic heterocycles. The van der Waals surface area contributed by atoms with Crippen LogP contribution in [-0.2, 0) is 0 Å². The maximum absolute atomic E-state index is 8.49. The van der Waals surface area contributed by atoms with Gasteiger partial charge in [-0.3, -0.25) is 4.90 Å². The van der Waals surface area contributed by atoms with Gasteiger partial charge in [0.2, 0.25) is 0 Å². The number of oxime groups is 1. The van der Waals surface area contributed by atoms with Crippen LogP contribution in [0.2, 0.25) is 0 Å². The molecule has 0 aliphatic rings. The number of nitrogens with two attached hydrogens (primary N) is 1. The third-order valence-corrected chi connectivity index (χ3v) is 1.76. The lowest BCUT2D eigenvalue weighted by Crippen LogP contribution is -2.38. The predicted molar refractivity (Wildman–Crippen MR) is 59.5 cm³/mol. The third kappa shape index (κ3) is 6.71. The van der Waals surface area contributed by atoms with Crippen molar-refractivity contribution in [3.05, 3.63) is 0 Å². The topological polar surface area (TPSA) is 61.8 Å². The van der Waals surface area contributed by atoms with Crippen molar-refractivity contribution in [1.29, 1.82) is 0 Å². The smallest absolute Gasteiger partial charge is 0.153 e. The lowest BCUT2D eigenvalue weighted by Gasteiger charge is -2.25. The minimum Gasteiger partial charge on any atom is -0.409 e. The molecule has 3 N–H and O–H groups in total. The quantitative estimate of drug-likeness (QED) is 0.295. The first-order valence-electron chi connectivity index (χ1n) is 5.14. The van der Waals surface area contributed by atoms with Gasteiger partial charge in [0.15, 0.2) is 5.84 Å². The molecule has 0 aromatic rings. The van der Waals surface area contributed by atoms with Gasteiger partial charge in [-0.25, -0.2) is 0 Å². The molecular weight excluding hydrogens is 178 g/mol. The van der Waals surface area contributed by atoms with Gasteiger partial charge in [-0.2, -0.15) is 0 Å². The normalized spacial score (nSPS) is 13.2. The van der Waals surface area contributed by atoms with Crippen LogP contribution in [0.5, 0.6) is 0 Å². The summed E-state index contributed by atoms with van der Waals surface area (Å²) < 4.78 is 0. The highest BCUT2D eigenvalue weighted by atomic mass is 16.4. The van der Waals surface area contributed by atoms with Crippen molar-refractivity contribution in [2.75, 3.05) is 19.6 Å². The Morgan fingerprint density at radius 2 is 1.64 bits per heavy atom. The molecule has 0 bridgehead atoms. The van der Waals surface area contributed by atoms with Crippen molar-refractivity contribution in [3.63, 3.8) is 0 Å². The van der Waals surface area contributed by atoms with Gasteiger partial charge in [-0.1, -0.05) is 32.9 Å². The van der Waals surface area contributed by atoms with Crippen LogP contribution in [-0.4, -0.2) is 35.6 Å². The van der Waals surface area contributed by atoms with E-state index in [-0.39, 0.29) is 5.84 Å². The molecule has 14 heavy (non-hydrogen) atoms. The minimum absolute atomic E-state index is 0.284. The van der Waals surface area contributed by atoms with Crippen LogP contribution in [0.3, 0.4) is 0 Å². The molecule has 0 fully saturated rings. The molecule has 0 atom stereocenters. The Morgan fingerprint density at radius 1 is 1.21 bits per heavy atom. The van der Waals surface area contributed by atoms with Crippen molar-refractivity contribution < 1.29 is 5.21 Å². The largest absolute Gasteiger partial charge is 0.409 e. The summed E-state index contributed by atoms with van der Waals surface area (Å²) in [7, 11) is 0. The van der Waals surface area contributed by atoms with E-state index in [1.54, 1.807) is 0 Å². The fourth-order valence-electron chi connectivity index (χ4n) is 1.50. The summed E-state index contributed by atoms with van der Waals surface area (Å²) in [6, 6.07) is 0. The number of amidine groups is 1. The first-order valence-corrected chi connectivity index (χ1v) is 5.14. The Bertz CT molecular complexity index is 168. The summed E-state index contributed by atoms with van der Waals surface area (Å²) in [5, 5.41) is 11.5. The van der Waals surface area contributed by atoms with Crippen molar-refractivity contribution in [1.82, 2.24) is 4.90 Å². The van der Waals surface area contributed by atoms with E-state index in [1.165, 1.54) is 0 Å². The van der Waals surface area contributed by atoms with Crippen LogP contribution in [0.25, 0.3) is 0 Å². The highest BCUT2D eigenvalue weighted by Crippen LogP contribution is 2.03. The molecule has 84 valence electrons. The van der Waals surface area contributed by atoms with E-state index in [0.717, 1.165) is 13.1 Å². The summed E-state index contributed by atoms with van der Waals surface area (Å²) in [5.74, 6) is 1.48. The fraction of sp³-hybridized carbons (Fsp3) is 0.900. The van der Waals surface area contributed by atoms with E-state index >= 15 is 0 Å². The molecule has 0 unspecified atom stereocenters. The first-order chi connectivity index (χ1) is 6.45. The highest BCUT2D eigenvalue weighted by Gasteiger charge is 2.10. The highest BCUT2D eigenvalue weighted by molar-refractivity contribution is 5.81. The van der Waals surface area contributed by atoms with Crippen LogP contribution >= 0.6 is 0 Å². The minimum atomic E-state index is 0.284. The van der Waals surface area contributed by atoms with Crippen molar-refractivity contribution >= 4 is 5.84 Å². The fourth-order valence-corrected chi connectivity index (χ4v) is 1.50. The van der Waals surface area contributed by atoms with Crippen LogP contribution in [0.15, 0.2) is 5.16 Å². The van der Waals surface area contributed by atoms with Crippen molar-refractivity contribution in [3.8, 4) is 0 Å². The summed E-state index contributed by atoms with van der Waals surface area (Å²) in [5.41, 5.74) is 5.48. The van der Waals surface area contributed by atoms with E-state index < -0.39 is 0 Å². The van der Waals surface area contributed by atoms with Gasteiger partial charge in [-0.15, -0.1) is 0 Å². The van der Waals surface area contributed by atoms with Gasteiger partial charge < -0.3 is 10.9 Å². The number of nitrogens with zero attached hydrogens (tertiary/aromatic N) is 2. The molecule has 0 aromatic carbocycles. The molecule has 0 spiro atoms. The standard InChI is InChI=1S/C10H23N3O/c1-8(2)5-13(6-9(3)4)7-10(11)12-14/h8-9,14H,5-7H2,1-4H3,(H2,11,12). The number of hydrogen-bond acceptors (Lipinski definition) is 3. The third-order valence-electron chi connectivity index (χ3n) is 1.76. The first kappa shape index (κ1) is 13.2. The van der Waals surface area contributed by atoms with Gasteiger partial charge in [0.1, 0.15) is 0 Å². The summed E-state index contributed by atoms with van der Waals surface area (Å²) in [6.45, 7) is 11.2. The molecule has 4 heteroatoms. The molecule has 0 rings (SSSR count). The van der Waals surface area contributed by atoms with Gasteiger partial charge in [0, 0.05) is 13.1 Å². The second kappa shape index (κ2) is 6.65. The van der Waals surface area contributed by atoms with E-state index in [0.29, 0.717) is 18.4 Å². The van der Waals surface area contributed by atoms with E-state index in [4.69, 9.17) is 10.9 Å². The second-order valence-electron chi connectivity index (χ2n) is 4.57. The Hall–Kier alpha value is -0.770. The average molecular weight is 201 g/mol. The molecule has 0 radical (unpaired) electrons. The zero-order valence-corrected chi connectivity index (χ0v) is 9.70. The van der Waals surface area contributed by atoms with Gasteiger partial charge >= 0.3 is 0 Å². The average Bonchev–Trinajstić information content (AvgIpc) is 2.01. The molecule has 0 heterocycles. The maximum atomic E-state index is 8.49. The van der Waals surface area contributed by atoms with E-state index in [1.807, 2.05) is 0 Å². The number of rotatable bonds is 6. The predicted octanol–water partition coefficient (Wildman–Crippen LogP) is 1.35. The SMILES string of the molecule is CC(C)CN(C/C(N)=N/O)CC(C)C. The van der Waals surface area contributed by atoms with Gasteiger partial charge in [0.05, 0.1) is 6.54 Å². The maximum Gasteiger partial charge on any atom is 0.153 e. The molecule has 0 amide bonds. The van der Waals surface area contributed by atoms with Crippen LogP contribution < -0.4 is 5.73 Å². The monoisotopic (exact) mass is 201 g/mol. The Morgan fingerprint density at radius 3 is 1.93 bits per heavy atom. The molecule has 0 saturated carbocycles. The summed E-state index contributed by atoms with van der Waals surface area (Å²) >= 11 is 0. The zero-order chi connectivity index (χ0) is 11.1. The Labute approximate surface area is 86.8 Å². The molecule has 4 nitrogen and oxygen atoms in total. The Kier molecular flexibility index (Phi) is 6.28. The lowest BCUT2D eigenvalue weighted by atomic mass is 10.1. The lowest BCUT2D eigenvalue weighted by molar-refractivity contribution is 0.242. The van der Waals surface area contributed by atoms with Crippen molar-refractivity contribution in [2.45, 2.75) is 27.7 Å². The van der Waals surface area contributed by atoms with Gasteiger partial charge in [-0.05, 0) is 11.8 Å². The van der Waals surface area contributed by atoms with E-state index in [9.17, 15) is 0 Å². The Balaban J connectivity index is 4.10. The molecule has 0 aliphatic carbocycles.